The maximum atomic E-state index is 13.6. The number of hydrogen-bond acceptors (Lipinski definition) is 3. The lowest BCUT2D eigenvalue weighted by Crippen LogP contribution is -2.44. The van der Waals surface area contributed by atoms with E-state index in [0.29, 0.717) is 6.07 Å². The van der Waals surface area contributed by atoms with E-state index in [-0.39, 0.29) is 0 Å². The normalized spacial score (nSPS) is 12.7. The first kappa shape index (κ1) is 18.7. The highest BCUT2D eigenvalue weighted by atomic mass is 19.2. The van der Waals surface area contributed by atoms with Crippen molar-refractivity contribution in [1.29, 1.82) is 0 Å². The fourth-order valence-corrected chi connectivity index (χ4v) is 1.64. The van der Waals surface area contributed by atoms with Crippen LogP contribution in [-0.4, -0.2) is 28.8 Å². The summed E-state index contributed by atoms with van der Waals surface area (Å²) in [5, 5.41) is 10.9. The molecular weight excluding hydrogens is 322 g/mol. The number of benzene rings is 1. The Morgan fingerprint density at radius 3 is 2.22 bits per heavy atom. The van der Waals surface area contributed by atoms with Gasteiger partial charge in [-0.2, -0.15) is 0 Å². The first-order valence-electron chi connectivity index (χ1n) is 6.46. The highest BCUT2D eigenvalue weighted by molar-refractivity contribution is 5.80. The van der Waals surface area contributed by atoms with E-state index in [4.69, 9.17) is 9.84 Å². The molecule has 0 bridgehead atoms. The van der Waals surface area contributed by atoms with E-state index in [1.54, 1.807) is 0 Å². The first-order valence-corrected chi connectivity index (χ1v) is 6.46. The van der Waals surface area contributed by atoms with Gasteiger partial charge in [-0.25, -0.2) is 27.2 Å². The van der Waals surface area contributed by atoms with E-state index < -0.39 is 59.0 Å². The minimum absolute atomic E-state index is 0.334. The molecule has 1 aromatic carbocycles. The van der Waals surface area contributed by atoms with Gasteiger partial charge in [0, 0.05) is 6.42 Å². The van der Waals surface area contributed by atoms with Crippen LogP contribution in [-0.2, 0) is 16.0 Å². The smallest absolute Gasteiger partial charge is 0.408 e. The second-order valence-corrected chi connectivity index (χ2v) is 5.70. The minimum Gasteiger partial charge on any atom is -0.480 e. The molecule has 0 aliphatic heterocycles. The number of carboxylic acids is 1. The van der Waals surface area contributed by atoms with E-state index in [1.165, 1.54) is 20.8 Å². The third-order valence-electron chi connectivity index (χ3n) is 2.59. The molecule has 0 aliphatic carbocycles. The van der Waals surface area contributed by atoms with Crippen molar-refractivity contribution in [3.63, 3.8) is 0 Å². The number of carbonyl (C=O) groups is 2. The van der Waals surface area contributed by atoms with Crippen LogP contribution >= 0.6 is 0 Å². The quantitative estimate of drug-likeness (QED) is 0.503. The summed E-state index contributed by atoms with van der Waals surface area (Å²) >= 11 is 0. The van der Waals surface area contributed by atoms with Crippen molar-refractivity contribution in [2.45, 2.75) is 38.8 Å². The summed E-state index contributed by atoms with van der Waals surface area (Å²) in [4.78, 5) is 22.6. The number of rotatable bonds is 4. The average molecular weight is 337 g/mol. The van der Waals surface area contributed by atoms with Crippen LogP contribution in [0.3, 0.4) is 0 Å². The Kier molecular flexibility index (Phi) is 5.57. The maximum Gasteiger partial charge on any atom is 0.408 e. The van der Waals surface area contributed by atoms with Crippen molar-refractivity contribution >= 4 is 12.1 Å². The molecule has 0 saturated carbocycles. The summed E-state index contributed by atoms with van der Waals surface area (Å²) in [6.07, 6.45) is -1.90. The lowest BCUT2D eigenvalue weighted by molar-refractivity contribution is -0.139. The zero-order valence-electron chi connectivity index (χ0n) is 12.5. The van der Waals surface area contributed by atoms with Gasteiger partial charge in [-0.05, 0) is 32.4 Å². The molecule has 0 fully saturated rings. The summed E-state index contributed by atoms with van der Waals surface area (Å²) in [7, 11) is 0. The minimum atomic E-state index is -2.05. The van der Waals surface area contributed by atoms with Crippen molar-refractivity contribution in [3.05, 3.63) is 34.9 Å². The first-order chi connectivity index (χ1) is 10.4. The summed E-state index contributed by atoms with van der Waals surface area (Å²) in [6.45, 7) is 4.60. The third-order valence-corrected chi connectivity index (χ3v) is 2.59. The molecule has 5 nitrogen and oxygen atoms in total. The van der Waals surface area contributed by atoms with Crippen molar-refractivity contribution < 1.29 is 37.0 Å². The van der Waals surface area contributed by atoms with Crippen LogP contribution in [0.2, 0.25) is 0 Å². The number of halogens is 4. The van der Waals surface area contributed by atoms with Gasteiger partial charge in [0.1, 0.15) is 11.6 Å². The summed E-state index contributed by atoms with van der Waals surface area (Å²) in [5.74, 6) is -9.03. The fraction of sp³-hybridized carbons (Fsp3) is 0.429. The molecule has 0 radical (unpaired) electrons. The Morgan fingerprint density at radius 2 is 1.74 bits per heavy atom. The second kappa shape index (κ2) is 6.84. The maximum absolute atomic E-state index is 13.6. The third kappa shape index (κ3) is 5.11. The largest absolute Gasteiger partial charge is 0.480 e. The van der Waals surface area contributed by atoms with Crippen LogP contribution in [0.25, 0.3) is 0 Å². The summed E-state index contributed by atoms with van der Waals surface area (Å²) < 4.78 is 57.5. The van der Waals surface area contributed by atoms with Gasteiger partial charge in [0.2, 0.25) is 0 Å². The predicted molar refractivity (Wildman–Crippen MR) is 70.8 cm³/mol. The van der Waals surface area contributed by atoms with E-state index in [0.717, 1.165) is 0 Å². The Bertz CT molecular complexity index is 628. The molecule has 0 saturated heterocycles. The Morgan fingerprint density at radius 1 is 1.17 bits per heavy atom. The van der Waals surface area contributed by atoms with Crippen LogP contribution in [0.4, 0.5) is 22.4 Å². The van der Waals surface area contributed by atoms with Gasteiger partial charge in [0.25, 0.3) is 0 Å². The summed E-state index contributed by atoms with van der Waals surface area (Å²) in [5.41, 5.74) is -1.64. The van der Waals surface area contributed by atoms with Crippen molar-refractivity contribution in [2.75, 3.05) is 0 Å². The van der Waals surface area contributed by atoms with Gasteiger partial charge in [0.15, 0.2) is 23.3 Å². The van der Waals surface area contributed by atoms with Crippen LogP contribution in [0.15, 0.2) is 6.07 Å². The van der Waals surface area contributed by atoms with Gasteiger partial charge >= 0.3 is 12.1 Å². The zero-order valence-corrected chi connectivity index (χ0v) is 12.5. The SMILES string of the molecule is CC(C)(C)OC(=O)NC(Cc1cc(F)c(F)c(F)c1F)C(=O)O. The van der Waals surface area contributed by atoms with Crippen LogP contribution < -0.4 is 5.32 Å². The molecule has 1 unspecified atom stereocenters. The van der Waals surface area contributed by atoms with Crippen molar-refractivity contribution in [2.24, 2.45) is 0 Å². The van der Waals surface area contributed by atoms with Gasteiger partial charge in [-0.3, -0.25) is 0 Å². The Balaban J connectivity index is 2.98. The van der Waals surface area contributed by atoms with E-state index in [1.807, 2.05) is 5.32 Å². The topological polar surface area (TPSA) is 75.6 Å². The molecule has 9 heteroatoms. The molecule has 1 amide bonds. The Hall–Kier alpha value is -2.32. The molecule has 0 spiro atoms. The van der Waals surface area contributed by atoms with Gasteiger partial charge in [-0.1, -0.05) is 0 Å². The standard InChI is InChI=1S/C14H15F4NO4/c1-14(2,3)23-13(22)19-8(12(20)21)5-6-4-7(15)10(17)11(18)9(6)16/h4,8H,5H2,1-3H3,(H,19,22)(H,20,21). The van der Waals surface area contributed by atoms with Gasteiger partial charge in [0.05, 0.1) is 0 Å². The number of aliphatic carboxylic acids is 1. The molecule has 0 heterocycles. The van der Waals surface area contributed by atoms with E-state index in [2.05, 4.69) is 0 Å². The fourth-order valence-electron chi connectivity index (χ4n) is 1.64. The number of nitrogens with one attached hydrogen (secondary N) is 1. The van der Waals surface area contributed by atoms with E-state index >= 15 is 0 Å². The summed E-state index contributed by atoms with van der Waals surface area (Å²) in [6, 6.07) is -1.39. The molecule has 2 N–H and O–H groups in total. The van der Waals surface area contributed by atoms with Gasteiger partial charge < -0.3 is 15.2 Å². The zero-order chi connectivity index (χ0) is 17.9. The molecule has 1 aromatic rings. The highest BCUT2D eigenvalue weighted by Gasteiger charge is 2.27. The Labute approximate surface area is 129 Å². The second-order valence-electron chi connectivity index (χ2n) is 5.70. The number of carbonyl (C=O) groups excluding carboxylic acids is 1. The molecular formula is C14H15F4NO4. The highest BCUT2D eigenvalue weighted by Crippen LogP contribution is 2.20. The lowest BCUT2D eigenvalue weighted by atomic mass is 10.0. The lowest BCUT2D eigenvalue weighted by Gasteiger charge is -2.22. The molecule has 23 heavy (non-hydrogen) atoms. The molecule has 1 rings (SSSR count). The van der Waals surface area contributed by atoms with Crippen LogP contribution in [0.1, 0.15) is 26.3 Å². The number of alkyl carbamates (subject to hydrolysis) is 1. The predicted octanol–water partition coefficient (Wildman–Crippen LogP) is 2.76. The van der Waals surface area contributed by atoms with Crippen molar-refractivity contribution in [1.82, 2.24) is 5.32 Å². The number of hydrogen-bond donors (Lipinski definition) is 2. The number of ether oxygens (including phenoxy) is 1. The molecule has 0 aliphatic rings. The molecule has 0 aromatic heterocycles. The molecule has 128 valence electrons. The monoisotopic (exact) mass is 337 g/mol. The van der Waals surface area contributed by atoms with Crippen LogP contribution in [0, 0.1) is 23.3 Å². The van der Waals surface area contributed by atoms with Crippen LogP contribution in [0.5, 0.6) is 0 Å². The average Bonchev–Trinajstić information content (AvgIpc) is 2.39. The van der Waals surface area contributed by atoms with E-state index in [9.17, 15) is 27.2 Å². The van der Waals surface area contributed by atoms with Gasteiger partial charge in [-0.15, -0.1) is 0 Å². The van der Waals surface area contributed by atoms with Crippen molar-refractivity contribution in [3.8, 4) is 0 Å². The number of carboxylic acid groups (broad SMARTS) is 1. The molecule has 1 atom stereocenters. The number of amides is 1.